The number of hydrogen-bond acceptors (Lipinski definition) is 3. The molecule has 1 aromatic heterocycles. The number of aromatic hydroxyl groups is 1. The van der Waals surface area contributed by atoms with Crippen LogP contribution >= 0.6 is 0 Å². The zero-order valence-corrected chi connectivity index (χ0v) is 9.53. The highest BCUT2D eigenvalue weighted by Crippen LogP contribution is 2.20. The van der Waals surface area contributed by atoms with Crippen LogP contribution < -0.4 is 5.32 Å². The largest absolute Gasteiger partial charge is 0.505 e. The third-order valence-corrected chi connectivity index (χ3v) is 2.48. The second-order valence-electron chi connectivity index (χ2n) is 3.86. The van der Waals surface area contributed by atoms with Gasteiger partial charge in [0.05, 0.1) is 6.54 Å². The first kappa shape index (κ1) is 11.7. The molecular formula is C13H14FNO2. The molecule has 2 N–H and O–H groups in total. The molecule has 1 aromatic carbocycles. The molecule has 0 saturated heterocycles. The third-order valence-electron chi connectivity index (χ3n) is 2.48. The van der Waals surface area contributed by atoms with Crippen LogP contribution in [0.5, 0.6) is 5.75 Å². The van der Waals surface area contributed by atoms with E-state index in [9.17, 15) is 9.50 Å². The maximum absolute atomic E-state index is 13.0. The second-order valence-corrected chi connectivity index (χ2v) is 3.86. The Morgan fingerprint density at radius 3 is 2.76 bits per heavy atom. The molecule has 1 heterocycles. The summed E-state index contributed by atoms with van der Waals surface area (Å²) in [7, 11) is 0. The lowest BCUT2D eigenvalue weighted by Crippen LogP contribution is -2.12. The molecule has 0 amide bonds. The summed E-state index contributed by atoms with van der Waals surface area (Å²) < 4.78 is 18.4. The lowest BCUT2D eigenvalue weighted by atomic mass is 10.2. The van der Waals surface area contributed by atoms with Crippen LogP contribution in [0.3, 0.4) is 0 Å². The van der Waals surface area contributed by atoms with E-state index in [1.165, 1.54) is 6.07 Å². The number of hydrogen-bond donors (Lipinski definition) is 2. The van der Waals surface area contributed by atoms with Gasteiger partial charge in [-0.3, -0.25) is 0 Å². The number of para-hydroxylation sites is 1. The fourth-order valence-electron chi connectivity index (χ4n) is 1.60. The van der Waals surface area contributed by atoms with Crippen molar-refractivity contribution in [3.05, 3.63) is 53.2 Å². The zero-order valence-electron chi connectivity index (χ0n) is 9.53. The van der Waals surface area contributed by atoms with Crippen LogP contribution in [0, 0.1) is 12.7 Å². The summed E-state index contributed by atoms with van der Waals surface area (Å²) in [4.78, 5) is 0. The van der Waals surface area contributed by atoms with E-state index in [4.69, 9.17) is 4.42 Å². The van der Waals surface area contributed by atoms with E-state index in [2.05, 4.69) is 5.32 Å². The number of nitrogens with one attached hydrogen (secondary N) is 1. The Kier molecular flexibility index (Phi) is 3.44. The van der Waals surface area contributed by atoms with Gasteiger partial charge < -0.3 is 14.8 Å². The quantitative estimate of drug-likeness (QED) is 0.856. The minimum Gasteiger partial charge on any atom is -0.505 e. The molecule has 3 nitrogen and oxygen atoms in total. The first-order chi connectivity index (χ1) is 8.16. The summed E-state index contributed by atoms with van der Waals surface area (Å²) >= 11 is 0. The molecule has 0 bridgehead atoms. The molecule has 0 aliphatic heterocycles. The fraction of sp³-hybridized carbons (Fsp3) is 0.231. The number of phenolic OH excluding ortho intramolecular Hbond substituents is 1. The van der Waals surface area contributed by atoms with E-state index >= 15 is 0 Å². The number of aryl methyl sites for hydroxylation is 1. The van der Waals surface area contributed by atoms with E-state index in [0.717, 1.165) is 11.5 Å². The molecular weight excluding hydrogens is 221 g/mol. The Balaban J connectivity index is 1.92. The van der Waals surface area contributed by atoms with E-state index in [-0.39, 0.29) is 5.75 Å². The van der Waals surface area contributed by atoms with E-state index in [1.807, 2.05) is 19.1 Å². The minimum absolute atomic E-state index is 0.296. The fourth-order valence-corrected chi connectivity index (χ4v) is 1.60. The molecule has 2 rings (SSSR count). The van der Waals surface area contributed by atoms with Gasteiger partial charge in [-0.2, -0.15) is 0 Å². The van der Waals surface area contributed by atoms with E-state index < -0.39 is 5.82 Å². The maximum Gasteiger partial charge on any atom is 0.165 e. The van der Waals surface area contributed by atoms with Crippen molar-refractivity contribution in [2.75, 3.05) is 0 Å². The average Bonchev–Trinajstić information content (AvgIpc) is 2.70. The van der Waals surface area contributed by atoms with Gasteiger partial charge in [-0.1, -0.05) is 12.1 Å². The highest BCUT2D eigenvalue weighted by Gasteiger charge is 2.06. The summed E-state index contributed by atoms with van der Waals surface area (Å²) in [5.41, 5.74) is 0.535. The average molecular weight is 235 g/mol. The summed E-state index contributed by atoms with van der Waals surface area (Å²) in [6.45, 7) is 2.81. The topological polar surface area (TPSA) is 45.4 Å². The van der Waals surface area contributed by atoms with Crippen molar-refractivity contribution in [1.82, 2.24) is 5.32 Å². The third kappa shape index (κ3) is 2.85. The zero-order chi connectivity index (χ0) is 12.3. The predicted molar refractivity (Wildman–Crippen MR) is 62.1 cm³/mol. The molecule has 0 spiro atoms. The highest BCUT2D eigenvalue weighted by atomic mass is 19.1. The van der Waals surface area contributed by atoms with Crippen molar-refractivity contribution in [2.45, 2.75) is 20.0 Å². The summed E-state index contributed by atoms with van der Waals surface area (Å²) in [6, 6.07) is 8.25. The van der Waals surface area contributed by atoms with Gasteiger partial charge >= 0.3 is 0 Å². The lowest BCUT2D eigenvalue weighted by Gasteiger charge is -2.06. The van der Waals surface area contributed by atoms with Crippen molar-refractivity contribution in [2.24, 2.45) is 0 Å². The summed E-state index contributed by atoms with van der Waals surface area (Å²) in [6.07, 6.45) is 0. The Morgan fingerprint density at radius 1 is 1.24 bits per heavy atom. The number of phenols is 1. The number of benzene rings is 1. The first-order valence-electron chi connectivity index (χ1n) is 5.39. The van der Waals surface area contributed by atoms with Crippen LogP contribution in [0.4, 0.5) is 4.39 Å². The molecule has 0 radical (unpaired) electrons. The Labute approximate surface area is 98.9 Å². The monoisotopic (exact) mass is 235 g/mol. The molecule has 0 unspecified atom stereocenters. The first-order valence-corrected chi connectivity index (χ1v) is 5.39. The van der Waals surface area contributed by atoms with Gasteiger partial charge in [0, 0.05) is 12.1 Å². The molecule has 2 aromatic rings. The number of furan rings is 1. The smallest absolute Gasteiger partial charge is 0.165 e. The van der Waals surface area contributed by atoms with Crippen molar-refractivity contribution in [3.63, 3.8) is 0 Å². The molecule has 4 heteroatoms. The standard InChI is InChI=1S/C13H14FNO2/c1-9-5-6-11(17-9)8-15-7-10-3-2-4-12(14)13(10)16/h2-6,15-16H,7-8H2,1H3. The van der Waals surface area contributed by atoms with Gasteiger partial charge in [-0.05, 0) is 25.1 Å². The molecule has 0 atom stereocenters. The van der Waals surface area contributed by atoms with Crippen LogP contribution in [0.15, 0.2) is 34.7 Å². The van der Waals surface area contributed by atoms with Crippen LogP contribution in [-0.2, 0) is 13.1 Å². The van der Waals surface area contributed by atoms with Gasteiger partial charge in [0.2, 0.25) is 0 Å². The second kappa shape index (κ2) is 5.01. The van der Waals surface area contributed by atoms with Crippen molar-refractivity contribution >= 4 is 0 Å². The van der Waals surface area contributed by atoms with Crippen molar-refractivity contribution in [1.29, 1.82) is 0 Å². The molecule has 90 valence electrons. The van der Waals surface area contributed by atoms with Crippen LogP contribution in [0.25, 0.3) is 0 Å². The van der Waals surface area contributed by atoms with Gasteiger partial charge in [0.15, 0.2) is 11.6 Å². The van der Waals surface area contributed by atoms with Crippen LogP contribution in [0.1, 0.15) is 17.1 Å². The Bertz CT molecular complexity index is 508. The maximum atomic E-state index is 13.0. The van der Waals surface area contributed by atoms with Gasteiger partial charge in [0.25, 0.3) is 0 Å². The molecule has 0 fully saturated rings. The predicted octanol–water partition coefficient (Wildman–Crippen LogP) is 2.72. The normalized spacial score (nSPS) is 10.7. The van der Waals surface area contributed by atoms with Crippen LogP contribution in [0.2, 0.25) is 0 Å². The molecule has 0 aliphatic carbocycles. The molecule has 0 aliphatic rings. The van der Waals surface area contributed by atoms with Crippen molar-refractivity contribution < 1.29 is 13.9 Å². The van der Waals surface area contributed by atoms with Gasteiger partial charge in [0.1, 0.15) is 11.5 Å². The SMILES string of the molecule is Cc1ccc(CNCc2cccc(F)c2O)o1. The van der Waals surface area contributed by atoms with E-state index in [0.29, 0.717) is 18.7 Å². The number of rotatable bonds is 4. The van der Waals surface area contributed by atoms with Gasteiger partial charge in [-0.25, -0.2) is 4.39 Å². The molecule has 0 saturated carbocycles. The Hall–Kier alpha value is -1.81. The highest BCUT2D eigenvalue weighted by molar-refractivity contribution is 5.33. The van der Waals surface area contributed by atoms with Crippen LogP contribution in [-0.4, -0.2) is 5.11 Å². The minimum atomic E-state index is -0.599. The summed E-state index contributed by atoms with van der Waals surface area (Å²) in [5, 5.41) is 12.5. The molecule has 17 heavy (non-hydrogen) atoms. The van der Waals surface area contributed by atoms with Gasteiger partial charge in [-0.15, -0.1) is 0 Å². The Morgan fingerprint density at radius 2 is 2.06 bits per heavy atom. The van der Waals surface area contributed by atoms with E-state index in [1.54, 1.807) is 12.1 Å². The number of halogens is 1. The summed E-state index contributed by atoms with van der Waals surface area (Å²) in [5.74, 6) is 0.780. The lowest BCUT2D eigenvalue weighted by molar-refractivity contribution is 0.419. The van der Waals surface area contributed by atoms with Crippen molar-refractivity contribution in [3.8, 4) is 5.75 Å².